The van der Waals surface area contributed by atoms with Crippen LogP contribution in [0, 0.1) is 0 Å². The third kappa shape index (κ3) is 4.09. The van der Waals surface area contributed by atoms with E-state index in [0.29, 0.717) is 6.42 Å². The van der Waals surface area contributed by atoms with Gasteiger partial charge in [-0.2, -0.15) is 0 Å². The molecule has 1 atom stereocenters. The number of allylic oxidation sites excluding steroid dienone is 1. The Morgan fingerprint density at radius 3 is 2.73 bits per heavy atom. The largest absolute Gasteiger partial charge is 0.308 e. The van der Waals surface area contributed by atoms with E-state index in [1.807, 2.05) is 11.1 Å². The number of benzene rings is 1. The first-order chi connectivity index (χ1) is 10.8. The Labute approximate surface area is 134 Å². The second-order valence-electron chi connectivity index (χ2n) is 5.86. The van der Waals surface area contributed by atoms with Crippen molar-refractivity contribution in [3.05, 3.63) is 53.7 Å². The van der Waals surface area contributed by atoms with Crippen LogP contribution in [0.2, 0.25) is 0 Å². The van der Waals surface area contributed by atoms with Gasteiger partial charge in [0.05, 0.1) is 6.04 Å². The molecule has 2 nitrogen and oxygen atoms in total. The number of hydrogen-bond donors (Lipinski definition) is 0. The van der Waals surface area contributed by atoms with Gasteiger partial charge in [0.15, 0.2) is 0 Å². The van der Waals surface area contributed by atoms with Crippen LogP contribution in [-0.2, 0) is 4.79 Å². The lowest BCUT2D eigenvalue weighted by Gasteiger charge is -2.31. The molecular formula is C20H27NO. The van der Waals surface area contributed by atoms with Gasteiger partial charge in [0.2, 0.25) is 5.91 Å². The Balaban J connectivity index is 2.21. The van der Waals surface area contributed by atoms with Crippen LogP contribution >= 0.6 is 0 Å². The first-order valence-electron chi connectivity index (χ1n) is 8.52. The van der Waals surface area contributed by atoms with Gasteiger partial charge in [0, 0.05) is 12.6 Å². The zero-order valence-electron chi connectivity index (χ0n) is 13.8. The molecule has 2 heteroatoms. The second kappa shape index (κ2) is 8.57. The number of unbranched alkanes of at least 4 members (excludes halogenated alkanes) is 3. The summed E-state index contributed by atoms with van der Waals surface area (Å²) in [6.07, 6.45) is 14.5. The van der Waals surface area contributed by atoms with Crippen molar-refractivity contribution < 1.29 is 4.79 Å². The molecule has 0 fully saturated rings. The fraction of sp³-hybridized carbons (Fsp3) is 0.450. The van der Waals surface area contributed by atoms with E-state index < -0.39 is 0 Å². The van der Waals surface area contributed by atoms with E-state index in [9.17, 15) is 4.79 Å². The lowest BCUT2D eigenvalue weighted by atomic mass is 9.95. The van der Waals surface area contributed by atoms with Gasteiger partial charge in [-0.1, -0.05) is 69.5 Å². The summed E-state index contributed by atoms with van der Waals surface area (Å²) in [4.78, 5) is 14.4. The predicted molar refractivity (Wildman–Crippen MR) is 93.3 cm³/mol. The maximum atomic E-state index is 12.5. The average Bonchev–Trinajstić information content (AvgIpc) is 2.56. The van der Waals surface area contributed by atoms with E-state index in [4.69, 9.17) is 0 Å². The molecular weight excluding hydrogens is 270 g/mol. The molecule has 0 aromatic heterocycles. The lowest BCUT2D eigenvalue weighted by molar-refractivity contribution is -0.130. The molecule has 0 N–H and O–H groups in total. The van der Waals surface area contributed by atoms with Gasteiger partial charge in [-0.05, 0) is 30.0 Å². The van der Waals surface area contributed by atoms with Crippen LogP contribution in [0.15, 0.2) is 42.6 Å². The Kier molecular flexibility index (Phi) is 6.45. The highest BCUT2D eigenvalue weighted by Gasteiger charge is 2.25. The number of fused-ring (bicyclic) bond motifs is 1. The first kappa shape index (κ1) is 16.5. The van der Waals surface area contributed by atoms with Crippen molar-refractivity contribution in [3.8, 4) is 0 Å². The molecule has 1 aliphatic rings. The maximum absolute atomic E-state index is 12.5. The minimum atomic E-state index is 0.0439. The lowest BCUT2D eigenvalue weighted by Crippen LogP contribution is -2.31. The van der Waals surface area contributed by atoms with E-state index >= 15 is 0 Å². The summed E-state index contributed by atoms with van der Waals surface area (Å²) in [5, 5.41) is 0. The molecule has 2 rings (SSSR count). The summed E-state index contributed by atoms with van der Waals surface area (Å²) in [6, 6.07) is 8.40. The van der Waals surface area contributed by atoms with Crippen LogP contribution in [0.25, 0.3) is 6.08 Å². The van der Waals surface area contributed by atoms with Gasteiger partial charge >= 0.3 is 0 Å². The zero-order valence-corrected chi connectivity index (χ0v) is 13.8. The third-order valence-corrected chi connectivity index (χ3v) is 4.10. The molecule has 1 heterocycles. The molecule has 0 bridgehead atoms. The molecule has 0 saturated heterocycles. The van der Waals surface area contributed by atoms with Crippen LogP contribution in [0.3, 0.4) is 0 Å². The Morgan fingerprint density at radius 2 is 1.95 bits per heavy atom. The number of rotatable bonds is 7. The smallest absolute Gasteiger partial charge is 0.227 e. The SMILES string of the molecule is CCCC/C=C/C1c2ccccc2C=CN1C(=O)CCCC. The molecule has 0 spiro atoms. The zero-order chi connectivity index (χ0) is 15.8. The molecule has 118 valence electrons. The minimum absolute atomic E-state index is 0.0439. The van der Waals surface area contributed by atoms with Crippen molar-refractivity contribution in [1.82, 2.24) is 4.90 Å². The summed E-state index contributed by atoms with van der Waals surface area (Å²) in [5.41, 5.74) is 2.44. The van der Waals surface area contributed by atoms with Crippen molar-refractivity contribution in [1.29, 1.82) is 0 Å². The standard InChI is InChI=1S/C20H27NO/c1-3-5-7-8-13-19-18-12-10-9-11-17(18)15-16-21(19)20(22)14-6-4-2/h8-13,15-16,19H,3-7,14H2,1-2H3/b13-8+. The maximum Gasteiger partial charge on any atom is 0.227 e. The van der Waals surface area contributed by atoms with Gasteiger partial charge in [0.25, 0.3) is 0 Å². The van der Waals surface area contributed by atoms with Gasteiger partial charge in [-0.15, -0.1) is 0 Å². The average molecular weight is 297 g/mol. The van der Waals surface area contributed by atoms with Crippen LogP contribution in [0.1, 0.15) is 69.5 Å². The molecule has 1 unspecified atom stereocenters. The summed E-state index contributed by atoms with van der Waals surface area (Å²) in [7, 11) is 0. The van der Waals surface area contributed by atoms with Gasteiger partial charge < -0.3 is 4.90 Å². The Bertz CT molecular complexity index is 544. The molecule has 1 aliphatic heterocycles. The fourth-order valence-electron chi connectivity index (χ4n) is 2.77. The van der Waals surface area contributed by atoms with Gasteiger partial charge in [0.1, 0.15) is 0 Å². The molecule has 0 saturated carbocycles. The quantitative estimate of drug-likeness (QED) is 0.482. The van der Waals surface area contributed by atoms with Gasteiger partial charge in [-0.3, -0.25) is 4.79 Å². The number of amides is 1. The normalized spacial score (nSPS) is 17.0. The minimum Gasteiger partial charge on any atom is -0.308 e. The third-order valence-electron chi connectivity index (χ3n) is 4.10. The molecule has 0 radical (unpaired) electrons. The van der Waals surface area contributed by atoms with Crippen LogP contribution in [-0.4, -0.2) is 10.8 Å². The Morgan fingerprint density at radius 1 is 1.18 bits per heavy atom. The number of hydrogen-bond acceptors (Lipinski definition) is 1. The molecule has 1 aromatic carbocycles. The van der Waals surface area contributed by atoms with E-state index in [0.717, 1.165) is 19.3 Å². The predicted octanol–water partition coefficient (Wildman–Crippen LogP) is 5.48. The van der Waals surface area contributed by atoms with Crippen molar-refractivity contribution in [2.24, 2.45) is 0 Å². The van der Waals surface area contributed by atoms with Crippen molar-refractivity contribution >= 4 is 12.0 Å². The van der Waals surface area contributed by atoms with E-state index in [1.54, 1.807) is 0 Å². The fourth-order valence-corrected chi connectivity index (χ4v) is 2.77. The molecule has 0 aliphatic carbocycles. The second-order valence-corrected chi connectivity index (χ2v) is 5.86. The van der Waals surface area contributed by atoms with Crippen molar-refractivity contribution in [2.45, 2.75) is 58.4 Å². The van der Waals surface area contributed by atoms with Crippen molar-refractivity contribution in [3.63, 3.8) is 0 Å². The molecule has 22 heavy (non-hydrogen) atoms. The van der Waals surface area contributed by atoms with E-state index in [2.05, 4.69) is 56.3 Å². The van der Waals surface area contributed by atoms with Crippen LogP contribution in [0.4, 0.5) is 0 Å². The summed E-state index contributed by atoms with van der Waals surface area (Å²) in [5.74, 6) is 0.220. The first-order valence-corrected chi connectivity index (χ1v) is 8.52. The monoisotopic (exact) mass is 297 g/mol. The highest BCUT2D eigenvalue weighted by Crippen LogP contribution is 2.32. The summed E-state index contributed by atoms with van der Waals surface area (Å²) in [6.45, 7) is 4.32. The number of nitrogens with zero attached hydrogens (tertiary/aromatic N) is 1. The van der Waals surface area contributed by atoms with E-state index in [1.165, 1.54) is 24.0 Å². The van der Waals surface area contributed by atoms with Crippen LogP contribution in [0.5, 0.6) is 0 Å². The van der Waals surface area contributed by atoms with Crippen molar-refractivity contribution in [2.75, 3.05) is 0 Å². The van der Waals surface area contributed by atoms with Crippen LogP contribution < -0.4 is 0 Å². The van der Waals surface area contributed by atoms with E-state index in [-0.39, 0.29) is 11.9 Å². The number of carbonyl (C=O) groups is 1. The molecule has 1 aromatic rings. The topological polar surface area (TPSA) is 20.3 Å². The van der Waals surface area contributed by atoms with Gasteiger partial charge in [-0.25, -0.2) is 0 Å². The highest BCUT2D eigenvalue weighted by atomic mass is 16.2. The molecule has 1 amide bonds. The summed E-state index contributed by atoms with van der Waals surface area (Å²) >= 11 is 0. The number of carbonyl (C=O) groups excluding carboxylic acids is 1. The summed E-state index contributed by atoms with van der Waals surface area (Å²) < 4.78 is 0. The Hall–Kier alpha value is -1.83. The highest BCUT2D eigenvalue weighted by molar-refractivity contribution is 5.80.